The molecule has 152 valence electrons. The topological polar surface area (TPSA) is 54.3 Å². The van der Waals surface area contributed by atoms with E-state index in [1.807, 2.05) is 13.8 Å². The van der Waals surface area contributed by atoms with Gasteiger partial charge in [0.25, 0.3) is 0 Å². The van der Waals surface area contributed by atoms with Gasteiger partial charge in [-0.3, -0.25) is 0 Å². The van der Waals surface area contributed by atoms with Gasteiger partial charge in [-0.1, -0.05) is 61.0 Å². The predicted molar refractivity (Wildman–Crippen MR) is 118 cm³/mol. The summed E-state index contributed by atoms with van der Waals surface area (Å²) in [5.41, 5.74) is 8.01. The number of aromatic nitrogens is 1. The monoisotopic (exact) mass is 390 g/mol. The highest BCUT2D eigenvalue weighted by atomic mass is 16.4. The molecule has 0 aliphatic rings. The van der Waals surface area contributed by atoms with Crippen molar-refractivity contribution in [1.29, 1.82) is 0 Å². The number of benzene rings is 2. The Hall–Kier alpha value is -2.85. The third kappa shape index (κ3) is 4.77. The van der Waals surface area contributed by atoms with Crippen LogP contribution in [0.2, 0.25) is 0 Å². The Morgan fingerprint density at radius 2 is 1.45 bits per heavy atom. The summed E-state index contributed by atoms with van der Waals surface area (Å²) >= 11 is 0. The molecule has 0 amide bonds. The van der Waals surface area contributed by atoms with Gasteiger partial charge in [-0.2, -0.15) is 0 Å². The molecule has 0 fully saturated rings. The number of carboxylic acids is 1. The number of hydrogen-bond acceptors (Lipinski definition) is 2. The molecule has 0 atom stereocenters. The molecule has 4 nitrogen and oxygen atoms in total. The molecular formula is C25H30N2O2. The van der Waals surface area contributed by atoms with Crippen molar-refractivity contribution in [2.24, 2.45) is 0 Å². The Morgan fingerprint density at radius 1 is 0.862 bits per heavy atom. The second kappa shape index (κ2) is 9.10. The molecule has 1 heterocycles. The van der Waals surface area contributed by atoms with Gasteiger partial charge in [0.15, 0.2) is 0 Å². The summed E-state index contributed by atoms with van der Waals surface area (Å²) < 4.78 is 2.11. The standard InChI is InChI=1S/C25H30N2O2/c1-5-20-10-12-21(13-11-20)14-26-15-23-18(3)27(19(4)24(23)25(28)29)16-22-8-6-17(2)7-9-22/h6-13,26H,5,14-16H2,1-4H3,(H,28,29). The van der Waals surface area contributed by atoms with E-state index >= 15 is 0 Å². The maximum atomic E-state index is 12.0. The average Bonchev–Trinajstić information content (AvgIpc) is 2.94. The lowest BCUT2D eigenvalue weighted by molar-refractivity contribution is 0.0694. The Kier molecular flexibility index (Phi) is 6.55. The van der Waals surface area contributed by atoms with Crippen LogP contribution in [0.15, 0.2) is 48.5 Å². The lowest BCUT2D eigenvalue weighted by atomic mass is 10.1. The molecule has 0 bridgehead atoms. The van der Waals surface area contributed by atoms with Gasteiger partial charge in [0.1, 0.15) is 0 Å². The van der Waals surface area contributed by atoms with Gasteiger partial charge in [-0.25, -0.2) is 4.79 Å². The molecule has 0 aliphatic carbocycles. The van der Waals surface area contributed by atoms with Crippen LogP contribution in [0.1, 0.15) is 56.5 Å². The largest absolute Gasteiger partial charge is 0.478 e. The fourth-order valence-corrected chi connectivity index (χ4v) is 3.79. The third-order valence-electron chi connectivity index (χ3n) is 5.65. The Labute approximate surface area is 173 Å². The highest BCUT2D eigenvalue weighted by molar-refractivity contribution is 5.91. The average molecular weight is 391 g/mol. The Balaban J connectivity index is 1.79. The summed E-state index contributed by atoms with van der Waals surface area (Å²) in [5.74, 6) is -0.864. The molecule has 0 aliphatic heterocycles. The molecule has 0 unspecified atom stereocenters. The normalized spacial score (nSPS) is 11.0. The Bertz CT molecular complexity index is 983. The molecule has 3 rings (SSSR count). The molecule has 2 N–H and O–H groups in total. The van der Waals surface area contributed by atoms with Crippen molar-refractivity contribution in [2.45, 2.75) is 53.8 Å². The minimum absolute atomic E-state index is 0.420. The number of rotatable bonds is 8. The quantitative estimate of drug-likeness (QED) is 0.568. The van der Waals surface area contributed by atoms with E-state index in [9.17, 15) is 9.90 Å². The first kappa shape index (κ1) is 20.9. The molecule has 4 heteroatoms. The fraction of sp³-hybridized carbons (Fsp3) is 0.320. The van der Waals surface area contributed by atoms with Crippen LogP contribution in [-0.2, 0) is 26.1 Å². The minimum atomic E-state index is -0.864. The van der Waals surface area contributed by atoms with Crippen LogP contribution in [0.3, 0.4) is 0 Å². The highest BCUT2D eigenvalue weighted by Gasteiger charge is 2.22. The van der Waals surface area contributed by atoms with Crippen molar-refractivity contribution in [3.63, 3.8) is 0 Å². The lowest BCUT2D eigenvalue weighted by Gasteiger charge is -2.11. The second-order valence-electron chi connectivity index (χ2n) is 7.67. The van der Waals surface area contributed by atoms with Crippen molar-refractivity contribution < 1.29 is 9.90 Å². The zero-order chi connectivity index (χ0) is 21.0. The molecule has 1 aromatic heterocycles. The molecule has 0 spiro atoms. The smallest absolute Gasteiger partial charge is 0.337 e. The van der Waals surface area contributed by atoms with Crippen LogP contribution in [0.25, 0.3) is 0 Å². The summed E-state index contributed by atoms with van der Waals surface area (Å²) in [6.45, 7) is 10.1. The first-order chi connectivity index (χ1) is 13.9. The molecule has 3 aromatic rings. The van der Waals surface area contributed by atoms with Gasteiger partial charge >= 0.3 is 5.97 Å². The minimum Gasteiger partial charge on any atom is -0.478 e. The van der Waals surface area contributed by atoms with E-state index in [0.29, 0.717) is 25.2 Å². The van der Waals surface area contributed by atoms with E-state index in [0.717, 1.165) is 23.4 Å². The van der Waals surface area contributed by atoms with Gasteiger partial charge in [0.05, 0.1) is 5.56 Å². The molecule has 2 aromatic carbocycles. The first-order valence-corrected chi connectivity index (χ1v) is 10.2. The maximum Gasteiger partial charge on any atom is 0.337 e. The van der Waals surface area contributed by atoms with Crippen LogP contribution in [0.4, 0.5) is 0 Å². The number of nitrogens with one attached hydrogen (secondary N) is 1. The van der Waals surface area contributed by atoms with Crippen LogP contribution >= 0.6 is 0 Å². The van der Waals surface area contributed by atoms with Gasteiger partial charge in [-0.15, -0.1) is 0 Å². The van der Waals surface area contributed by atoms with Crippen molar-refractivity contribution in [1.82, 2.24) is 9.88 Å². The maximum absolute atomic E-state index is 12.0. The Morgan fingerprint density at radius 3 is 2.03 bits per heavy atom. The van der Waals surface area contributed by atoms with E-state index in [4.69, 9.17) is 0 Å². The molecule has 0 saturated carbocycles. The summed E-state index contributed by atoms with van der Waals surface area (Å²) in [5, 5.41) is 13.2. The van der Waals surface area contributed by atoms with E-state index in [1.165, 1.54) is 22.3 Å². The zero-order valence-corrected chi connectivity index (χ0v) is 17.7. The van der Waals surface area contributed by atoms with Gasteiger partial charge < -0.3 is 15.0 Å². The van der Waals surface area contributed by atoms with Gasteiger partial charge in [-0.05, 0) is 43.9 Å². The van der Waals surface area contributed by atoms with Crippen molar-refractivity contribution in [3.05, 3.63) is 93.3 Å². The fourth-order valence-electron chi connectivity index (χ4n) is 3.79. The van der Waals surface area contributed by atoms with E-state index < -0.39 is 5.97 Å². The number of carboxylic acid groups (broad SMARTS) is 1. The number of aromatic carboxylic acids is 1. The van der Waals surface area contributed by atoms with Crippen molar-refractivity contribution >= 4 is 5.97 Å². The lowest BCUT2D eigenvalue weighted by Crippen LogP contribution is -2.15. The predicted octanol–water partition coefficient (Wildman–Crippen LogP) is 5.01. The molecule has 0 saturated heterocycles. The summed E-state index contributed by atoms with van der Waals surface area (Å²) in [4.78, 5) is 12.0. The second-order valence-corrected chi connectivity index (χ2v) is 7.67. The summed E-state index contributed by atoms with van der Waals surface area (Å²) in [6.07, 6.45) is 1.03. The SMILES string of the molecule is CCc1ccc(CNCc2c(C(=O)O)c(C)n(Cc3ccc(C)cc3)c2C)cc1. The summed E-state index contributed by atoms with van der Waals surface area (Å²) in [6, 6.07) is 16.9. The van der Waals surface area contributed by atoms with Gasteiger partial charge in [0.2, 0.25) is 0 Å². The highest BCUT2D eigenvalue weighted by Crippen LogP contribution is 2.24. The first-order valence-electron chi connectivity index (χ1n) is 10.2. The molecule has 29 heavy (non-hydrogen) atoms. The molecule has 0 radical (unpaired) electrons. The summed E-state index contributed by atoms with van der Waals surface area (Å²) in [7, 11) is 0. The van der Waals surface area contributed by atoms with Crippen LogP contribution < -0.4 is 5.32 Å². The van der Waals surface area contributed by atoms with Crippen LogP contribution in [0.5, 0.6) is 0 Å². The zero-order valence-electron chi connectivity index (χ0n) is 17.7. The number of nitrogens with zero attached hydrogens (tertiary/aromatic N) is 1. The molecular weight excluding hydrogens is 360 g/mol. The van der Waals surface area contributed by atoms with Crippen LogP contribution in [0, 0.1) is 20.8 Å². The van der Waals surface area contributed by atoms with Crippen molar-refractivity contribution in [3.8, 4) is 0 Å². The van der Waals surface area contributed by atoms with E-state index in [1.54, 1.807) is 0 Å². The third-order valence-corrected chi connectivity index (χ3v) is 5.65. The van der Waals surface area contributed by atoms with E-state index in [2.05, 4.69) is 72.3 Å². The number of carbonyl (C=O) groups is 1. The number of hydrogen-bond donors (Lipinski definition) is 2. The van der Waals surface area contributed by atoms with Crippen LogP contribution in [-0.4, -0.2) is 15.6 Å². The van der Waals surface area contributed by atoms with E-state index in [-0.39, 0.29) is 0 Å². The number of aryl methyl sites for hydroxylation is 2. The van der Waals surface area contributed by atoms with Gasteiger partial charge in [0, 0.05) is 36.6 Å². The van der Waals surface area contributed by atoms with Crippen molar-refractivity contribution in [2.75, 3.05) is 0 Å².